The highest BCUT2D eigenvalue weighted by Gasteiger charge is 2.08. The van der Waals surface area contributed by atoms with E-state index < -0.39 is 0 Å². The van der Waals surface area contributed by atoms with Gasteiger partial charge in [0.25, 0.3) is 0 Å². The van der Waals surface area contributed by atoms with E-state index in [0.717, 1.165) is 27.8 Å². The smallest absolute Gasteiger partial charge is 0.121 e. The van der Waals surface area contributed by atoms with Crippen molar-refractivity contribution in [2.45, 2.75) is 26.9 Å². The number of halogens is 2. The summed E-state index contributed by atoms with van der Waals surface area (Å²) < 4.78 is 5.86. The van der Waals surface area contributed by atoms with E-state index in [2.05, 4.69) is 26.0 Å². The lowest BCUT2D eigenvalue weighted by molar-refractivity contribution is 0.210. The third-order valence-electron chi connectivity index (χ3n) is 3.10. The van der Waals surface area contributed by atoms with Crippen LogP contribution in [0.5, 0.6) is 0 Å². The van der Waals surface area contributed by atoms with Crippen molar-refractivity contribution in [1.29, 1.82) is 0 Å². The largest absolute Gasteiger partial charge is 0.489 e. The van der Waals surface area contributed by atoms with Gasteiger partial charge < -0.3 is 4.74 Å². The SMILES string of the molecule is CC(C)C1=CCC(Cl)=CC(OCc2cccc(Cl)c2)=C1. The van der Waals surface area contributed by atoms with Gasteiger partial charge in [-0.2, -0.15) is 0 Å². The zero-order valence-electron chi connectivity index (χ0n) is 11.7. The number of ether oxygens (including phenoxy) is 1. The standard InChI is InChI=1S/C17H18Cl2O/c1-12(2)14-6-7-16(19)10-17(9-14)20-11-13-4-3-5-15(18)8-13/h3-6,8-10,12H,7,11H2,1-2H3. The summed E-state index contributed by atoms with van der Waals surface area (Å²) in [5.74, 6) is 1.25. The van der Waals surface area contributed by atoms with Gasteiger partial charge in [-0.05, 0) is 41.3 Å². The number of rotatable bonds is 4. The summed E-state index contributed by atoms with van der Waals surface area (Å²) in [5.41, 5.74) is 2.29. The Morgan fingerprint density at radius 2 is 2.00 bits per heavy atom. The molecule has 0 aliphatic heterocycles. The average molecular weight is 309 g/mol. The van der Waals surface area contributed by atoms with E-state index in [1.165, 1.54) is 5.57 Å². The van der Waals surface area contributed by atoms with Crippen molar-refractivity contribution in [2.75, 3.05) is 0 Å². The molecule has 3 heteroatoms. The van der Waals surface area contributed by atoms with Gasteiger partial charge in [0, 0.05) is 16.5 Å². The van der Waals surface area contributed by atoms with Crippen molar-refractivity contribution in [1.82, 2.24) is 0 Å². The summed E-state index contributed by atoms with van der Waals surface area (Å²) in [5, 5.41) is 1.51. The van der Waals surface area contributed by atoms with Crippen LogP contribution in [0.25, 0.3) is 0 Å². The van der Waals surface area contributed by atoms with Crippen molar-refractivity contribution in [2.24, 2.45) is 5.92 Å². The van der Waals surface area contributed by atoms with Crippen LogP contribution in [-0.4, -0.2) is 0 Å². The molecule has 1 aliphatic rings. The van der Waals surface area contributed by atoms with Gasteiger partial charge in [-0.15, -0.1) is 0 Å². The maximum Gasteiger partial charge on any atom is 0.121 e. The maximum atomic E-state index is 6.17. The summed E-state index contributed by atoms with van der Waals surface area (Å²) in [7, 11) is 0. The molecular formula is C17H18Cl2O. The van der Waals surface area contributed by atoms with Crippen LogP contribution < -0.4 is 0 Å². The monoisotopic (exact) mass is 308 g/mol. The van der Waals surface area contributed by atoms with Crippen molar-refractivity contribution >= 4 is 23.2 Å². The molecule has 1 aliphatic carbocycles. The second-order valence-electron chi connectivity index (χ2n) is 5.12. The molecule has 20 heavy (non-hydrogen) atoms. The highest BCUT2D eigenvalue weighted by Crippen LogP contribution is 2.24. The van der Waals surface area contributed by atoms with Crippen molar-refractivity contribution < 1.29 is 4.74 Å². The molecule has 106 valence electrons. The molecule has 2 rings (SSSR count). The summed E-state index contributed by atoms with van der Waals surface area (Å²) in [6.45, 7) is 4.81. The van der Waals surface area contributed by atoms with E-state index in [4.69, 9.17) is 27.9 Å². The minimum absolute atomic E-state index is 0.454. The minimum Gasteiger partial charge on any atom is -0.489 e. The molecule has 0 fully saturated rings. The molecule has 1 aromatic carbocycles. The number of hydrogen-bond donors (Lipinski definition) is 0. The molecule has 0 atom stereocenters. The number of allylic oxidation sites excluding steroid dienone is 5. The number of hydrogen-bond acceptors (Lipinski definition) is 1. The molecule has 0 spiro atoms. The molecule has 1 nitrogen and oxygen atoms in total. The van der Waals surface area contributed by atoms with Gasteiger partial charge in [0.2, 0.25) is 0 Å². The zero-order valence-corrected chi connectivity index (χ0v) is 13.2. The predicted molar refractivity (Wildman–Crippen MR) is 85.8 cm³/mol. The van der Waals surface area contributed by atoms with Crippen LogP contribution in [0.3, 0.4) is 0 Å². The highest BCUT2D eigenvalue weighted by atomic mass is 35.5. The predicted octanol–water partition coefficient (Wildman–Crippen LogP) is 5.85. The Bertz CT molecular complexity index is 568. The van der Waals surface area contributed by atoms with Crippen LogP contribution in [-0.2, 0) is 11.3 Å². The third kappa shape index (κ3) is 4.43. The van der Waals surface area contributed by atoms with Crippen LogP contribution >= 0.6 is 23.2 Å². The number of benzene rings is 1. The molecule has 0 aromatic heterocycles. The molecule has 0 bridgehead atoms. The van der Waals surface area contributed by atoms with E-state index in [9.17, 15) is 0 Å². The molecule has 0 radical (unpaired) electrons. The van der Waals surface area contributed by atoms with Crippen molar-refractivity contribution in [3.05, 3.63) is 69.4 Å². The fraction of sp³-hybridized carbons (Fsp3) is 0.294. The molecule has 1 aromatic rings. The summed E-state index contributed by atoms with van der Waals surface area (Å²) >= 11 is 12.1. The van der Waals surface area contributed by atoms with Crippen LogP contribution in [0, 0.1) is 5.92 Å². The van der Waals surface area contributed by atoms with Crippen molar-refractivity contribution in [3.8, 4) is 0 Å². The lowest BCUT2D eigenvalue weighted by Gasteiger charge is -2.10. The molecule has 0 saturated heterocycles. The highest BCUT2D eigenvalue weighted by molar-refractivity contribution is 6.30. The van der Waals surface area contributed by atoms with Crippen LogP contribution in [0.1, 0.15) is 25.8 Å². The van der Waals surface area contributed by atoms with E-state index in [-0.39, 0.29) is 0 Å². The van der Waals surface area contributed by atoms with Gasteiger partial charge >= 0.3 is 0 Å². The summed E-state index contributed by atoms with van der Waals surface area (Å²) in [4.78, 5) is 0. The second kappa shape index (κ2) is 7.01. The molecule has 0 saturated carbocycles. The first-order chi connectivity index (χ1) is 9.54. The van der Waals surface area contributed by atoms with Gasteiger partial charge in [0.15, 0.2) is 0 Å². The third-order valence-corrected chi connectivity index (χ3v) is 3.60. The van der Waals surface area contributed by atoms with E-state index >= 15 is 0 Å². The second-order valence-corrected chi connectivity index (χ2v) is 6.04. The summed E-state index contributed by atoms with van der Waals surface area (Å²) in [6.07, 6.45) is 6.86. The lowest BCUT2D eigenvalue weighted by Crippen LogP contribution is -1.95. The molecular weight excluding hydrogens is 291 g/mol. The summed E-state index contributed by atoms with van der Waals surface area (Å²) in [6, 6.07) is 7.67. The first-order valence-electron chi connectivity index (χ1n) is 6.69. The molecule has 0 heterocycles. The molecule has 0 amide bonds. The lowest BCUT2D eigenvalue weighted by atomic mass is 10.0. The van der Waals surface area contributed by atoms with Crippen LogP contribution in [0.4, 0.5) is 0 Å². The fourth-order valence-corrected chi connectivity index (χ4v) is 2.37. The van der Waals surface area contributed by atoms with Gasteiger partial charge in [-0.3, -0.25) is 0 Å². The van der Waals surface area contributed by atoms with Crippen LogP contribution in [0.2, 0.25) is 5.02 Å². The first kappa shape index (κ1) is 15.2. The van der Waals surface area contributed by atoms with Crippen molar-refractivity contribution in [3.63, 3.8) is 0 Å². The van der Waals surface area contributed by atoms with E-state index in [1.54, 1.807) is 0 Å². The van der Waals surface area contributed by atoms with Gasteiger partial charge in [-0.1, -0.05) is 55.3 Å². The Kier molecular flexibility index (Phi) is 5.33. The van der Waals surface area contributed by atoms with Crippen LogP contribution in [0.15, 0.2) is 58.9 Å². The Hall–Kier alpha value is -1.18. The van der Waals surface area contributed by atoms with Gasteiger partial charge in [0.05, 0.1) is 0 Å². The zero-order chi connectivity index (χ0) is 14.5. The average Bonchev–Trinajstić information content (AvgIpc) is 2.58. The Morgan fingerprint density at radius 1 is 1.20 bits per heavy atom. The Balaban J connectivity index is 2.10. The van der Waals surface area contributed by atoms with E-state index in [0.29, 0.717) is 12.5 Å². The van der Waals surface area contributed by atoms with Gasteiger partial charge in [0.1, 0.15) is 12.4 Å². The molecule has 0 unspecified atom stereocenters. The first-order valence-corrected chi connectivity index (χ1v) is 7.45. The van der Waals surface area contributed by atoms with E-state index in [1.807, 2.05) is 30.3 Å². The minimum atomic E-state index is 0.454. The quantitative estimate of drug-likeness (QED) is 0.678. The fourth-order valence-electron chi connectivity index (χ4n) is 1.97. The topological polar surface area (TPSA) is 9.23 Å². The Morgan fingerprint density at radius 3 is 2.70 bits per heavy atom. The maximum absolute atomic E-state index is 6.17. The molecule has 0 N–H and O–H groups in total. The normalized spacial score (nSPS) is 15.3. The van der Waals surface area contributed by atoms with Gasteiger partial charge in [-0.25, -0.2) is 0 Å². The Labute approximate surface area is 130 Å².